The predicted molar refractivity (Wildman–Crippen MR) is 128 cm³/mol. The van der Waals surface area contributed by atoms with E-state index in [-0.39, 0.29) is 29.2 Å². The van der Waals surface area contributed by atoms with Gasteiger partial charge in [0.15, 0.2) is 0 Å². The molecule has 1 saturated carbocycles. The number of anilines is 1. The monoisotopic (exact) mass is 457 g/mol. The van der Waals surface area contributed by atoms with E-state index in [1.807, 2.05) is 24.3 Å². The number of imide groups is 1. The highest BCUT2D eigenvalue weighted by molar-refractivity contribution is 6.30. The summed E-state index contributed by atoms with van der Waals surface area (Å²) in [4.78, 5) is 32.6. The zero-order chi connectivity index (χ0) is 22.6. The highest BCUT2D eigenvalue weighted by Gasteiger charge is 2.64. The normalized spacial score (nSPS) is 32.9. The third-order valence-electron chi connectivity index (χ3n) is 9.15. The lowest BCUT2D eigenvalue weighted by Gasteiger charge is -2.50. The van der Waals surface area contributed by atoms with Crippen molar-refractivity contribution in [1.82, 2.24) is 9.80 Å². The van der Waals surface area contributed by atoms with Gasteiger partial charge >= 0.3 is 0 Å². The molecule has 2 atom stereocenters. The van der Waals surface area contributed by atoms with Crippen LogP contribution in [0.15, 0.2) is 24.3 Å². The highest BCUT2D eigenvalue weighted by atomic mass is 35.5. The van der Waals surface area contributed by atoms with Gasteiger partial charge in [0.2, 0.25) is 11.8 Å². The van der Waals surface area contributed by atoms with Gasteiger partial charge in [-0.1, -0.05) is 25.4 Å². The van der Waals surface area contributed by atoms with Gasteiger partial charge in [-0.2, -0.15) is 0 Å². The highest BCUT2D eigenvalue weighted by Crippen LogP contribution is 2.52. The molecule has 3 heterocycles. The van der Waals surface area contributed by atoms with E-state index in [9.17, 15) is 9.59 Å². The van der Waals surface area contributed by atoms with Gasteiger partial charge in [-0.05, 0) is 74.6 Å². The van der Waals surface area contributed by atoms with Gasteiger partial charge in [-0.15, -0.1) is 0 Å². The van der Waals surface area contributed by atoms with Crippen molar-refractivity contribution in [3.8, 4) is 0 Å². The van der Waals surface area contributed by atoms with Crippen molar-refractivity contribution in [3.05, 3.63) is 29.3 Å². The number of hydrogen-bond donors (Lipinski definition) is 0. The number of piperidine rings is 1. The van der Waals surface area contributed by atoms with E-state index in [2.05, 4.69) is 23.6 Å². The molecule has 0 radical (unpaired) electrons. The van der Waals surface area contributed by atoms with Crippen molar-refractivity contribution in [1.29, 1.82) is 0 Å². The van der Waals surface area contributed by atoms with Crippen LogP contribution in [0.5, 0.6) is 0 Å². The molecule has 1 spiro atoms. The Hall–Kier alpha value is -1.59. The van der Waals surface area contributed by atoms with Crippen molar-refractivity contribution in [2.45, 2.75) is 64.0 Å². The van der Waals surface area contributed by atoms with Crippen LogP contribution in [0, 0.1) is 23.7 Å². The Morgan fingerprint density at radius 2 is 1.59 bits per heavy atom. The molecule has 5 nitrogen and oxygen atoms in total. The average molecular weight is 458 g/mol. The lowest BCUT2D eigenvalue weighted by molar-refractivity contribution is -0.139. The van der Waals surface area contributed by atoms with Gasteiger partial charge in [0, 0.05) is 43.4 Å². The summed E-state index contributed by atoms with van der Waals surface area (Å²) < 4.78 is 0. The first-order valence-electron chi connectivity index (χ1n) is 12.4. The van der Waals surface area contributed by atoms with Gasteiger partial charge in [0.1, 0.15) is 0 Å². The maximum absolute atomic E-state index is 13.2. The van der Waals surface area contributed by atoms with E-state index in [0.29, 0.717) is 17.6 Å². The van der Waals surface area contributed by atoms with Crippen LogP contribution in [0.3, 0.4) is 0 Å². The molecule has 4 fully saturated rings. The number of carbonyl (C=O) groups excluding carboxylic acids is 2. The second-order valence-corrected chi connectivity index (χ2v) is 11.3. The van der Waals surface area contributed by atoms with Crippen LogP contribution in [-0.4, -0.2) is 59.9 Å². The minimum atomic E-state index is -0.276. The smallest absolute Gasteiger partial charge is 0.235 e. The maximum atomic E-state index is 13.2. The van der Waals surface area contributed by atoms with E-state index < -0.39 is 0 Å². The third kappa shape index (κ3) is 3.47. The molecular weight excluding hydrogens is 422 g/mol. The molecule has 174 valence electrons. The second-order valence-electron chi connectivity index (χ2n) is 10.9. The molecule has 2 amide bonds. The molecular formula is C26H36ClN3O2. The summed E-state index contributed by atoms with van der Waals surface area (Å²) in [6, 6.07) is 8.59. The standard InChI is InChI=1S/C26H36ClN3O2/c1-17(2)18-4-8-20(9-5-18)29-14-12-26(13-15-29)23-22(24(31)28(3)25(23)32)16-30(26)21-10-6-19(27)7-11-21/h6-7,10-11,17-18,20,22-23H,4-5,8-9,12-16H2,1-3H3. The Bertz CT molecular complexity index is 870. The first kappa shape index (κ1) is 22.2. The van der Waals surface area contributed by atoms with Crippen molar-refractivity contribution in [2.75, 3.05) is 31.6 Å². The number of fused-ring (bicyclic) bond motifs is 2. The average Bonchev–Trinajstić information content (AvgIpc) is 3.23. The summed E-state index contributed by atoms with van der Waals surface area (Å²) in [5, 5.41) is 0.709. The van der Waals surface area contributed by atoms with Gasteiger partial charge in [-0.25, -0.2) is 0 Å². The zero-order valence-corrected chi connectivity index (χ0v) is 20.4. The molecule has 0 N–H and O–H groups in total. The molecule has 0 bridgehead atoms. The molecule has 32 heavy (non-hydrogen) atoms. The molecule has 6 heteroatoms. The van der Waals surface area contributed by atoms with Crippen molar-refractivity contribution in [2.24, 2.45) is 23.7 Å². The molecule has 3 saturated heterocycles. The van der Waals surface area contributed by atoms with Crippen LogP contribution in [0.1, 0.15) is 52.4 Å². The fourth-order valence-corrected chi connectivity index (χ4v) is 7.32. The number of carbonyl (C=O) groups is 2. The van der Waals surface area contributed by atoms with Crippen LogP contribution >= 0.6 is 11.6 Å². The first-order chi connectivity index (χ1) is 15.3. The molecule has 2 unspecified atom stereocenters. The SMILES string of the molecule is CC(C)C1CCC(N2CCC3(CC2)C2C(=O)N(C)C(=O)C2CN3c2ccc(Cl)cc2)CC1. The van der Waals surface area contributed by atoms with Crippen LogP contribution in [-0.2, 0) is 9.59 Å². The lowest BCUT2D eigenvalue weighted by Crippen LogP contribution is -2.59. The number of hydrogen-bond acceptors (Lipinski definition) is 4. The Labute approximate surface area is 197 Å². The fraction of sp³-hybridized carbons (Fsp3) is 0.692. The largest absolute Gasteiger partial charge is 0.364 e. The topological polar surface area (TPSA) is 43.9 Å². The summed E-state index contributed by atoms with van der Waals surface area (Å²) in [7, 11) is 1.66. The molecule has 5 rings (SSSR count). The Balaban J connectivity index is 1.37. The number of nitrogens with zero attached hydrogens (tertiary/aromatic N) is 3. The van der Waals surface area contributed by atoms with E-state index in [4.69, 9.17) is 11.6 Å². The van der Waals surface area contributed by atoms with E-state index in [1.54, 1.807) is 7.05 Å². The van der Waals surface area contributed by atoms with Gasteiger partial charge in [0.05, 0.1) is 17.4 Å². The molecule has 1 aliphatic carbocycles. The third-order valence-corrected chi connectivity index (χ3v) is 9.40. The number of likely N-dealkylation sites (tertiary alicyclic amines) is 2. The van der Waals surface area contributed by atoms with Crippen molar-refractivity contribution < 1.29 is 9.59 Å². The summed E-state index contributed by atoms with van der Waals surface area (Å²) in [5.74, 6) is 1.21. The molecule has 1 aromatic carbocycles. The van der Waals surface area contributed by atoms with Gasteiger partial charge in [0.25, 0.3) is 0 Å². The van der Waals surface area contributed by atoms with E-state index in [1.165, 1.54) is 30.6 Å². The van der Waals surface area contributed by atoms with Crippen molar-refractivity contribution >= 4 is 29.1 Å². The number of halogens is 1. The zero-order valence-electron chi connectivity index (χ0n) is 19.6. The second kappa shape index (κ2) is 8.32. The lowest BCUT2D eigenvalue weighted by atomic mass is 9.73. The molecule has 1 aromatic rings. The predicted octanol–water partition coefficient (Wildman–Crippen LogP) is 4.44. The maximum Gasteiger partial charge on any atom is 0.235 e. The summed E-state index contributed by atoms with van der Waals surface area (Å²) >= 11 is 6.15. The van der Waals surface area contributed by atoms with Gasteiger partial charge in [-0.3, -0.25) is 14.5 Å². The quantitative estimate of drug-likeness (QED) is 0.629. The molecule has 0 aromatic heterocycles. The molecule has 3 aliphatic heterocycles. The Morgan fingerprint density at radius 1 is 0.969 bits per heavy atom. The first-order valence-corrected chi connectivity index (χ1v) is 12.8. The summed E-state index contributed by atoms with van der Waals surface area (Å²) in [5.41, 5.74) is 0.805. The minimum Gasteiger partial charge on any atom is -0.364 e. The van der Waals surface area contributed by atoms with Crippen molar-refractivity contribution in [3.63, 3.8) is 0 Å². The fourth-order valence-electron chi connectivity index (χ4n) is 7.19. The molecule has 4 aliphatic rings. The van der Waals surface area contributed by atoms with Gasteiger partial charge < -0.3 is 9.80 Å². The van der Waals surface area contributed by atoms with Crippen LogP contribution in [0.2, 0.25) is 5.02 Å². The minimum absolute atomic E-state index is 0.00900. The Kier molecular flexibility index (Phi) is 5.78. The van der Waals surface area contributed by atoms with E-state index >= 15 is 0 Å². The number of rotatable bonds is 3. The number of amides is 2. The van der Waals surface area contributed by atoms with Crippen LogP contribution < -0.4 is 4.90 Å². The van der Waals surface area contributed by atoms with Crippen LogP contribution in [0.25, 0.3) is 0 Å². The summed E-state index contributed by atoms with van der Waals surface area (Å²) in [6.45, 7) is 7.36. The van der Waals surface area contributed by atoms with E-state index in [0.717, 1.165) is 43.5 Å². The number of benzene rings is 1. The Morgan fingerprint density at radius 3 is 2.19 bits per heavy atom. The summed E-state index contributed by atoms with van der Waals surface area (Å²) in [6.07, 6.45) is 7.14. The van der Waals surface area contributed by atoms with Crippen LogP contribution in [0.4, 0.5) is 5.69 Å².